The van der Waals surface area contributed by atoms with Crippen LogP contribution in [0.1, 0.15) is 18.4 Å². The highest BCUT2D eigenvalue weighted by molar-refractivity contribution is 6.07. The summed E-state index contributed by atoms with van der Waals surface area (Å²) in [5, 5.41) is 2.78. The molecule has 0 aromatic heterocycles. The molecule has 1 aromatic rings. The molecule has 1 heterocycles. The summed E-state index contributed by atoms with van der Waals surface area (Å²) >= 11 is 0. The quantitative estimate of drug-likeness (QED) is 0.648. The van der Waals surface area contributed by atoms with Crippen LogP contribution < -0.4 is 10.2 Å². The Morgan fingerprint density at radius 2 is 1.64 bits per heavy atom. The third-order valence-corrected chi connectivity index (χ3v) is 4.84. The van der Waals surface area contributed by atoms with Crippen LogP contribution in [0.3, 0.4) is 0 Å². The molecule has 2 atom stereocenters. The van der Waals surface area contributed by atoms with Crippen LogP contribution in [-0.2, 0) is 20.9 Å². The summed E-state index contributed by atoms with van der Waals surface area (Å²) in [6.45, 7) is 0.178. The fourth-order valence-corrected chi connectivity index (χ4v) is 3.34. The molecule has 6 heteroatoms. The third kappa shape index (κ3) is 3.57. The minimum Gasteiger partial charge on any atom is -0.378 e. The maximum atomic E-state index is 12.3. The van der Waals surface area contributed by atoms with Gasteiger partial charge < -0.3 is 10.2 Å². The highest BCUT2D eigenvalue weighted by Crippen LogP contribution is 2.34. The summed E-state index contributed by atoms with van der Waals surface area (Å²) in [6, 6.07) is 7.85. The Balaban J connectivity index is 1.54. The normalized spacial score (nSPS) is 22.1. The number of fused-ring (bicyclic) bond motifs is 1. The van der Waals surface area contributed by atoms with E-state index in [4.69, 9.17) is 0 Å². The van der Waals surface area contributed by atoms with Crippen molar-refractivity contribution < 1.29 is 14.4 Å². The van der Waals surface area contributed by atoms with Crippen LogP contribution in [0.2, 0.25) is 0 Å². The van der Waals surface area contributed by atoms with Crippen molar-refractivity contribution in [3.05, 3.63) is 42.0 Å². The number of imide groups is 1. The molecule has 0 unspecified atom stereocenters. The van der Waals surface area contributed by atoms with Gasteiger partial charge in [-0.05, 0) is 30.5 Å². The van der Waals surface area contributed by atoms with Crippen LogP contribution in [0.4, 0.5) is 5.69 Å². The van der Waals surface area contributed by atoms with Crippen molar-refractivity contribution in [1.29, 1.82) is 0 Å². The van der Waals surface area contributed by atoms with E-state index in [-0.39, 0.29) is 36.1 Å². The molecular weight excluding hydrogens is 318 g/mol. The maximum absolute atomic E-state index is 12.3. The number of likely N-dealkylation sites (tertiary alicyclic amines) is 1. The Morgan fingerprint density at radius 1 is 1.08 bits per heavy atom. The largest absolute Gasteiger partial charge is 0.378 e. The molecule has 0 spiro atoms. The van der Waals surface area contributed by atoms with E-state index in [1.165, 1.54) is 0 Å². The number of carbonyl (C=O) groups excluding carboxylic acids is 3. The first-order valence-corrected chi connectivity index (χ1v) is 8.50. The Morgan fingerprint density at radius 3 is 2.16 bits per heavy atom. The third-order valence-electron chi connectivity index (χ3n) is 4.84. The van der Waals surface area contributed by atoms with E-state index in [1.54, 1.807) is 0 Å². The lowest BCUT2D eigenvalue weighted by Crippen LogP contribution is -2.40. The SMILES string of the molecule is CN(C)c1ccc(CNC(=O)CN2C(=O)[C@@H]3CC=CC[C@H]3C2=O)cc1. The van der Waals surface area contributed by atoms with Crippen LogP contribution in [0.5, 0.6) is 0 Å². The molecule has 3 amide bonds. The van der Waals surface area contributed by atoms with E-state index >= 15 is 0 Å². The number of amides is 3. The van der Waals surface area contributed by atoms with Crippen LogP contribution >= 0.6 is 0 Å². The summed E-state index contributed by atoms with van der Waals surface area (Å²) in [4.78, 5) is 40.0. The molecule has 2 aliphatic rings. The van der Waals surface area contributed by atoms with Gasteiger partial charge in [-0.1, -0.05) is 24.3 Å². The van der Waals surface area contributed by atoms with E-state index in [0.29, 0.717) is 19.4 Å². The van der Waals surface area contributed by atoms with Crippen molar-refractivity contribution in [2.45, 2.75) is 19.4 Å². The Hall–Kier alpha value is -2.63. The van der Waals surface area contributed by atoms with Gasteiger partial charge in [0, 0.05) is 26.3 Å². The fraction of sp³-hybridized carbons (Fsp3) is 0.421. The van der Waals surface area contributed by atoms with E-state index < -0.39 is 0 Å². The lowest BCUT2D eigenvalue weighted by Gasteiger charge is -2.15. The average Bonchev–Trinajstić information content (AvgIpc) is 2.86. The molecule has 0 bridgehead atoms. The van der Waals surface area contributed by atoms with E-state index in [0.717, 1.165) is 16.2 Å². The fourth-order valence-electron chi connectivity index (χ4n) is 3.34. The molecule has 1 aliphatic heterocycles. The number of benzene rings is 1. The molecule has 1 aliphatic carbocycles. The summed E-state index contributed by atoms with van der Waals surface area (Å²) in [6.07, 6.45) is 5.05. The lowest BCUT2D eigenvalue weighted by molar-refractivity contribution is -0.143. The number of carbonyl (C=O) groups is 3. The van der Waals surface area contributed by atoms with Gasteiger partial charge in [-0.25, -0.2) is 0 Å². The van der Waals surface area contributed by atoms with Crippen molar-refractivity contribution in [1.82, 2.24) is 10.2 Å². The van der Waals surface area contributed by atoms with Gasteiger partial charge in [0.25, 0.3) is 0 Å². The van der Waals surface area contributed by atoms with Crippen LogP contribution in [0.15, 0.2) is 36.4 Å². The molecule has 25 heavy (non-hydrogen) atoms. The van der Waals surface area contributed by atoms with Gasteiger partial charge in [0.15, 0.2) is 0 Å². The van der Waals surface area contributed by atoms with Crippen LogP contribution in [-0.4, -0.2) is 43.3 Å². The summed E-state index contributed by atoms with van der Waals surface area (Å²) in [7, 11) is 3.93. The smallest absolute Gasteiger partial charge is 0.240 e. The molecule has 1 fully saturated rings. The second kappa shape index (κ2) is 7.09. The predicted octanol–water partition coefficient (Wildman–Crippen LogP) is 1.32. The second-order valence-corrected chi connectivity index (χ2v) is 6.76. The number of rotatable bonds is 5. The Kier molecular flexibility index (Phi) is 4.88. The molecule has 3 rings (SSSR count). The number of allylic oxidation sites excluding steroid dienone is 2. The van der Waals surface area contributed by atoms with E-state index in [1.807, 2.05) is 55.4 Å². The van der Waals surface area contributed by atoms with Gasteiger partial charge in [-0.3, -0.25) is 19.3 Å². The standard InChI is InChI=1S/C19H23N3O3/c1-21(2)14-9-7-13(8-10-14)11-20-17(23)12-22-18(24)15-5-3-4-6-16(15)19(22)25/h3-4,7-10,15-16H,5-6,11-12H2,1-2H3,(H,20,23)/t15-,16-/m1/s1. The second-order valence-electron chi connectivity index (χ2n) is 6.76. The van der Waals surface area contributed by atoms with E-state index in [9.17, 15) is 14.4 Å². The number of nitrogens with one attached hydrogen (secondary N) is 1. The molecule has 1 aromatic carbocycles. The van der Waals surface area contributed by atoms with Gasteiger partial charge in [-0.2, -0.15) is 0 Å². The van der Waals surface area contributed by atoms with Gasteiger partial charge in [0.1, 0.15) is 6.54 Å². The van der Waals surface area contributed by atoms with Crippen molar-refractivity contribution in [3.63, 3.8) is 0 Å². The first-order chi connectivity index (χ1) is 12.0. The topological polar surface area (TPSA) is 69.7 Å². The van der Waals surface area contributed by atoms with Crippen LogP contribution in [0.25, 0.3) is 0 Å². The van der Waals surface area contributed by atoms with Crippen molar-refractivity contribution in [2.75, 3.05) is 25.5 Å². The van der Waals surface area contributed by atoms with E-state index in [2.05, 4.69) is 5.32 Å². The minimum atomic E-state index is -0.315. The van der Waals surface area contributed by atoms with Gasteiger partial charge in [-0.15, -0.1) is 0 Å². The van der Waals surface area contributed by atoms with Crippen molar-refractivity contribution in [2.24, 2.45) is 11.8 Å². The molecule has 0 saturated carbocycles. The van der Waals surface area contributed by atoms with Crippen LogP contribution in [0, 0.1) is 11.8 Å². The zero-order chi connectivity index (χ0) is 18.0. The molecule has 1 N–H and O–H groups in total. The number of hydrogen-bond donors (Lipinski definition) is 1. The highest BCUT2D eigenvalue weighted by atomic mass is 16.2. The first-order valence-electron chi connectivity index (χ1n) is 8.50. The lowest BCUT2D eigenvalue weighted by atomic mass is 9.85. The summed E-state index contributed by atoms with van der Waals surface area (Å²) in [5.74, 6) is -1.33. The highest BCUT2D eigenvalue weighted by Gasteiger charge is 2.47. The van der Waals surface area contributed by atoms with Gasteiger partial charge in [0.05, 0.1) is 11.8 Å². The zero-order valence-corrected chi connectivity index (χ0v) is 14.6. The molecule has 132 valence electrons. The Labute approximate surface area is 147 Å². The summed E-state index contributed by atoms with van der Waals surface area (Å²) in [5.41, 5.74) is 2.05. The predicted molar refractivity (Wildman–Crippen MR) is 94.7 cm³/mol. The van der Waals surface area contributed by atoms with Crippen molar-refractivity contribution in [3.8, 4) is 0 Å². The molecule has 6 nitrogen and oxygen atoms in total. The zero-order valence-electron chi connectivity index (χ0n) is 14.6. The first kappa shape index (κ1) is 17.2. The van der Waals surface area contributed by atoms with Gasteiger partial charge >= 0.3 is 0 Å². The summed E-state index contributed by atoms with van der Waals surface area (Å²) < 4.78 is 0. The average molecular weight is 341 g/mol. The molecule has 0 radical (unpaired) electrons. The number of nitrogens with zero attached hydrogens (tertiary/aromatic N) is 2. The monoisotopic (exact) mass is 341 g/mol. The Bertz CT molecular complexity index is 683. The molecular formula is C19H23N3O3. The minimum absolute atomic E-state index is 0.194. The van der Waals surface area contributed by atoms with Crippen molar-refractivity contribution >= 4 is 23.4 Å². The van der Waals surface area contributed by atoms with Gasteiger partial charge in [0.2, 0.25) is 17.7 Å². The number of hydrogen-bond acceptors (Lipinski definition) is 4. The number of anilines is 1. The molecule has 1 saturated heterocycles. The maximum Gasteiger partial charge on any atom is 0.240 e.